The molecule has 0 aliphatic carbocycles. The molecule has 0 saturated heterocycles. The second-order valence-corrected chi connectivity index (χ2v) is 4.10. The van der Waals surface area contributed by atoms with Crippen molar-refractivity contribution in [2.24, 2.45) is 0 Å². The Labute approximate surface area is 116 Å². The fraction of sp³-hybridized carbons (Fsp3) is 0.500. The number of anilines is 1. The molecule has 0 aliphatic heterocycles. The molecule has 0 aromatic heterocycles. The lowest BCUT2D eigenvalue weighted by atomic mass is 10.3. The molecule has 0 bridgehead atoms. The van der Waals surface area contributed by atoms with Crippen molar-refractivity contribution in [3.05, 3.63) is 30.3 Å². The second-order valence-electron chi connectivity index (χ2n) is 4.10. The Morgan fingerprint density at radius 3 is 2.17 bits per heavy atom. The molecule has 0 aliphatic rings. The third-order valence-corrected chi connectivity index (χ3v) is 2.56. The molecule has 4 heteroatoms. The van der Waals surface area contributed by atoms with Crippen LogP contribution >= 0.6 is 12.4 Å². The fourth-order valence-corrected chi connectivity index (χ4v) is 1.75. The van der Waals surface area contributed by atoms with Gasteiger partial charge in [-0.2, -0.15) is 0 Å². The third-order valence-electron chi connectivity index (χ3n) is 2.56. The molecule has 102 valence electrons. The predicted molar refractivity (Wildman–Crippen MR) is 79.3 cm³/mol. The highest BCUT2D eigenvalue weighted by Crippen LogP contribution is 2.05. The van der Waals surface area contributed by atoms with E-state index < -0.39 is 0 Å². The van der Waals surface area contributed by atoms with Gasteiger partial charge in [0, 0.05) is 18.8 Å². The maximum absolute atomic E-state index is 12.0. The average Bonchev–Trinajstić information content (AvgIpc) is 2.37. The van der Waals surface area contributed by atoms with E-state index in [9.17, 15) is 4.79 Å². The number of nitrogens with zero attached hydrogens (tertiary/aromatic N) is 1. The smallest absolute Gasteiger partial charge is 0.241 e. The van der Waals surface area contributed by atoms with Crippen LogP contribution in [0.25, 0.3) is 0 Å². The summed E-state index contributed by atoms with van der Waals surface area (Å²) in [4.78, 5) is 13.9. The van der Waals surface area contributed by atoms with Gasteiger partial charge in [0.1, 0.15) is 0 Å². The molecule has 0 saturated carbocycles. The van der Waals surface area contributed by atoms with Gasteiger partial charge >= 0.3 is 0 Å². The molecule has 1 aromatic rings. The van der Waals surface area contributed by atoms with Gasteiger partial charge in [0.25, 0.3) is 0 Å². The number of hydrogen-bond acceptors (Lipinski definition) is 2. The van der Waals surface area contributed by atoms with Crippen molar-refractivity contribution in [3.63, 3.8) is 0 Å². The lowest BCUT2D eigenvalue weighted by Gasteiger charge is -2.21. The predicted octanol–water partition coefficient (Wildman–Crippen LogP) is 3.17. The molecule has 18 heavy (non-hydrogen) atoms. The molecule has 1 aromatic carbocycles. The zero-order valence-corrected chi connectivity index (χ0v) is 12.0. The summed E-state index contributed by atoms with van der Waals surface area (Å²) in [6.45, 7) is 6.28. The summed E-state index contributed by atoms with van der Waals surface area (Å²) in [7, 11) is 0. The Hall–Kier alpha value is -1.22. The Balaban J connectivity index is 0.00000289. The quantitative estimate of drug-likeness (QED) is 0.825. The Bertz CT molecular complexity index is 324. The first kappa shape index (κ1) is 16.8. The summed E-state index contributed by atoms with van der Waals surface area (Å²) < 4.78 is 0. The van der Waals surface area contributed by atoms with Crippen molar-refractivity contribution in [1.82, 2.24) is 4.90 Å². The van der Waals surface area contributed by atoms with Crippen molar-refractivity contribution in [2.45, 2.75) is 26.7 Å². The van der Waals surface area contributed by atoms with E-state index >= 15 is 0 Å². The van der Waals surface area contributed by atoms with E-state index in [1.807, 2.05) is 35.2 Å². The molecule has 0 fully saturated rings. The maximum atomic E-state index is 12.0. The van der Waals surface area contributed by atoms with Crippen molar-refractivity contribution >= 4 is 24.0 Å². The lowest BCUT2D eigenvalue weighted by molar-refractivity contribution is -0.129. The number of rotatable bonds is 7. The van der Waals surface area contributed by atoms with Gasteiger partial charge in [0.15, 0.2) is 0 Å². The van der Waals surface area contributed by atoms with E-state index in [0.717, 1.165) is 31.6 Å². The zero-order chi connectivity index (χ0) is 12.5. The van der Waals surface area contributed by atoms with Crippen LogP contribution in [-0.2, 0) is 4.79 Å². The van der Waals surface area contributed by atoms with Crippen LogP contribution in [0.15, 0.2) is 30.3 Å². The number of nitrogens with one attached hydrogen (secondary N) is 1. The first-order chi connectivity index (χ1) is 8.27. The van der Waals surface area contributed by atoms with Gasteiger partial charge in [-0.3, -0.25) is 4.79 Å². The molecule has 0 spiro atoms. The van der Waals surface area contributed by atoms with Gasteiger partial charge in [-0.05, 0) is 25.0 Å². The van der Waals surface area contributed by atoms with Crippen LogP contribution in [0, 0.1) is 0 Å². The average molecular weight is 271 g/mol. The van der Waals surface area contributed by atoms with E-state index in [2.05, 4.69) is 19.2 Å². The number of amides is 1. The number of para-hydroxylation sites is 1. The van der Waals surface area contributed by atoms with E-state index in [-0.39, 0.29) is 18.3 Å². The van der Waals surface area contributed by atoms with Gasteiger partial charge < -0.3 is 10.2 Å². The van der Waals surface area contributed by atoms with Gasteiger partial charge in [0.05, 0.1) is 6.54 Å². The Kier molecular flexibility index (Phi) is 9.11. The van der Waals surface area contributed by atoms with Crippen molar-refractivity contribution in [3.8, 4) is 0 Å². The van der Waals surface area contributed by atoms with Gasteiger partial charge in [0.2, 0.25) is 5.91 Å². The minimum absolute atomic E-state index is 0. The van der Waals surface area contributed by atoms with Crippen LogP contribution in [0.2, 0.25) is 0 Å². The minimum atomic E-state index is 0. The number of hydrogen-bond donors (Lipinski definition) is 1. The molecular weight excluding hydrogens is 248 g/mol. The molecule has 0 heterocycles. The van der Waals surface area contributed by atoms with E-state index in [0.29, 0.717) is 6.54 Å². The van der Waals surface area contributed by atoms with E-state index in [1.54, 1.807) is 0 Å². The third kappa shape index (κ3) is 5.92. The SMILES string of the molecule is CCCN(CCC)C(=O)CNc1ccccc1.Cl. The summed E-state index contributed by atoms with van der Waals surface area (Å²) >= 11 is 0. The maximum Gasteiger partial charge on any atom is 0.241 e. The number of carbonyl (C=O) groups is 1. The van der Waals surface area contributed by atoms with E-state index in [4.69, 9.17) is 0 Å². The molecular formula is C14H23ClN2O. The topological polar surface area (TPSA) is 32.3 Å². The van der Waals surface area contributed by atoms with Gasteiger partial charge in [-0.1, -0.05) is 32.0 Å². The largest absolute Gasteiger partial charge is 0.376 e. The number of halogens is 1. The van der Waals surface area contributed by atoms with Crippen LogP contribution in [0.5, 0.6) is 0 Å². The number of carbonyl (C=O) groups excluding carboxylic acids is 1. The van der Waals surface area contributed by atoms with Gasteiger partial charge in [-0.15, -0.1) is 12.4 Å². The van der Waals surface area contributed by atoms with Crippen molar-refractivity contribution < 1.29 is 4.79 Å². The normalized spacial score (nSPS) is 9.44. The molecule has 0 radical (unpaired) electrons. The van der Waals surface area contributed by atoms with Crippen LogP contribution in [0.3, 0.4) is 0 Å². The van der Waals surface area contributed by atoms with Crippen molar-refractivity contribution in [1.29, 1.82) is 0 Å². The highest BCUT2D eigenvalue weighted by molar-refractivity contribution is 5.85. The molecule has 1 amide bonds. The van der Waals surface area contributed by atoms with Crippen LogP contribution in [0.4, 0.5) is 5.69 Å². The Morgan fingerprint density at radius 1 is 1.11 bits per heavy atom. The lowest BCUT2D eigenvalue weighted by Crippen LogP contribution is -2.36. The highest BCUT2D eigenvalue weighted by atomic mass is 35.5. The summed E-state index contributed by atoms with van der Waals surface area (Å²) in [5.41, 5.74) is 0.994. The summed E-state index contributed by atoms with van der Waals surface area (Å²) in [6, 6.07) is 9.83. The Morgan fingerprint density at radius 2 is 1.67 bits per heavy atom. The second kappa shape index (κ2) is 9.77. The zero-order valence-electron chi connectivity index (χ0n) is 11.2. The first-order valence-electron chi connectivity index (χ1n) is 6.34. The minimum Gasteiger partial charge on any atom is -0.376 e. The number of benzene rings is 1. The fourth-order valence-electron chi connectivity index (χ4n) is 1.75. The standard InChI is InChI=1S/C14H22N2O.ClH/c1-3-10-16(11-4-2)14(17)12-15-13-8-6-5-7-9-13;/h5-9,15H,3-4,10-12H2,1-2H3;1H. The molecule has 1 N–H and O–H groups in total. The van der Waals surface area contributed by atoms with Gasteiger partial charge in [-0.25, -0.2) is 0 Å². The molecule has 0 unspecified atom stereocenters. The van der Waals surface area contributed by atoms with Crippen LogP contribution in [-0.4, -0.2) is 30.4 Å². The highest BCUT2D eigenvalue weighted by Gasteiger charge is 2.10. The molecule has 0 atom stereocenters. The van der Waals surface area contributed by atoms with Crippen molar-refractivity contribution in [2.75, 3.05) is 25.0 Å². The molecule has 1 rings (SSSR count). The summed E-state index contributed by atoms with van der Waals surface area (Å²) in [6.07, 6.45) is 2.02. The monoisotopic (exact) mass is 270 g/mol. The summed E-state index contributed by atoms with van der Waals surface area (Å²) in [5, 5.41) is 3.15. The summed E-state index contributed by atoms with van der Waals surface area (Å²) in [5.74, 6) is 0.178. The van der Waals surface area contributed by atoms with Crippen LogP contribution < -0.4 is 5.32 Å². The first-order valence-corrected chi connectivity index (χ1v) is 6.34. The van der Waals surface area contributed by atoms with E-state index in [1.165, 1.54) is 0 Å². The van der Waals surface area contributed by atoms with Crippen LogP contribution in [0.1, 0.15) is 26.7 Å². The molecule has 3 nitrogen and oxygen atoms in total.